The number of carbonyl (C=O) groups excluding carboxylic acids is 3. The molecule has 0 aliphatic rings. The molecule has 100 valence electrons. The van der Waals surface area contributed by atoms with E-state index in [2.05, 4.69) is 10.5 Å². The molecule has 9 nitrogen and oxygen atoms in total. The highest BCUT2D eigenvalue weighted by Crippen LogP contribution is 1.97. The Morgan fingerprint density at radius 1 is 1.44 bits per heavy atom. The first kappa shape index (κ1) is 15.5. The van der Waals surface area contributed by atoms with Gasteiger partial charge in [-0.25, -0.2) is 9.59 Å². The number of hydrogen-bond acceptors (Lipinski definition) is 6. The summed E-state index contributed by atoms with van der Waals surface area (Å²) in [7, 11) is 0. The molecule has 0 aromatic heterocycles. The van der Waals surface area contributed by atoms with E-state index in [9.17, 15) is 24.5 Å². The number of nitrogens with one attached hydrogen (secondary N) is 1. The van der Waals surface area contributed by atoms with E-state index >= 15 is 0 Å². The topological polar surface area (TPSA) is 142 Å². The summed E-state index contributed by atoms with van der Waals surface area (Å²) in [6.45, 7) is 1.20. The van der Waals surface area contributed by atoms with Crippen LogP contribution >= 0.6 is 0 Å². The summed E-state index contributed by atoms with van der Waals surface area (Å²) >= 11 is 0. The van der Waals surface area contributed by atoms with Gasteiger partial charge in [0.15, 0.2) is 6.61 Å². The molecule has 0 spiro atoms. The molecule has 0 bridgehead atoms. The maximum Gasteiger partial charge on any atom is 0.331 e. The Kier molecular flexibility index (Phi) is 6.71. The van der Waals surface area contributed by atoms with Crippen molar-refractivity contribution in [2.45, 2.75) is 19.4 Å². The van der Waals surface area contributed by atoms with Crippen LogP contribution in [0.25, 0.3) is 0 Å². The van der Waals surface area contributed by atoms with Gasteiger partial charge in [0.2, 0.25) is 6.04 Å². The molecule has 0 radical (unpaired) electrons. The summed E-state index contributed by atoms with van der Waals surface area (Å²) in [4.78, 5) is 42.0. The van der Waals surface area contributed by atoms with Crippen LogP contribution in [-0.4, -0.2) is 35.5 Å². The van der Waals surface area contributed by atoms with E-state index in [1.807, 2.05) is 0 Å². The van der Waals surface area contributed by atoms with Gasteiger partial charge >= 0.3 is 12.0 Å². The molecule has 9 heteroatoms. The normalized spacial score (nSPS) is 11.8. The highest BCUT2D eigenvalue weighted by atomic mass is 16.6. The van der Waals surface area contributed by atoms with Crippen molar-refractivity contribution in [1.82, 2.24) is 5.32 Å². The van der Waals surface area contributed by atoms with E-state index < -0.39 is 28.9 Å². The molecule has 0 aliphatic heterocycles. The van der Waals surface area contributed by atoms with Gasteiger partial charge < -0.3 is 10.5 Å². The molecule has 0 saturated heterocycles. The quantitative estimate of drug-likeness (QED) is 0.280. The summed E-state index contributed by atoms with van der Waals surface area (Å²) in [5.74, 6) is -1.81. The Morgan fingerprint density at radius 3 is 2.50 bits per heavy atom. The van der Waals surface area contributed by atoms with Gasteiger partial charge in [-0.15, -0.1) is 0 Å². The van der Waals surface area contributed by atoms with Crippen LogP contribution in [0.1, 0.15) is 13.3 Å². The first-order valence-corrected chi connectivity index (χ1v) is 4.95. The fourth-order valence-electron chi connectivity index (χ4n) is 0.861. The van der Waals surface area contributed by atoms with Gasteiger partial charge in [-0.1, -0.05) is 6.92 Å². The van der Waals surface area contributed by atoms with Crippen molar-refractivity contribution in [2.75, 3.05) is 6.61 Å². The van der Waals surface area contributed by atoms with Crippen molar-refractivity contribution in [3.63, 3.8) is 0 Å². The van der Waals surface area contributed by atoms with Crippen molar-refractivity contribution < 1.29 is 24.0 Å². The summed E-state index contributed by atoms with van der Waals surface area (Å²) < 4.78 is 4.55. The van der Waals surface area contributed by atoms with Crippen molar-refractivity contribution in [2.24, 2.45) is 5.73 Å². The van der Waals surface area contributed by atoms with Gasteiger partial charge in [-0.3, -0.25) is 20.2 Å². The Hall–Kier alpha value is -2.45. The van der Waals surface area contributed by atoms with E-state index in [1.54, 1.807) is 12.2 Å². The number of primary amides is 1. The van der Waals surface area contributed by atoms with Crippen LogP contribution in [0.3, 0.4) is 0 Å². The van der Waals surface area contributed by atoms with Crippen LogP contribution in [-0.2, 0) is 14.3 Å². The molecule has 0 rings (SSSR count). The van der Waals surface area contributed by atoms with E-state index in [-0.39, 0.29) is 13.0 Å². The van der Waals surface area contributed by atoms with Crippen molar-refractivity contribution in [3.8, 4) is 0 Å². The lowest BCUT2D eigenvalue weighted by Crippen LogP contribution is -2.33. The van der Waals surface area contributed by atoms with Crippen LogP contribution < -0.4 is 11.1 Å². The molecule has 1 atom stereocenters. The average Bonchev–Trinajstić information content (AvgIpc) is 2.25. The molecule has 0 aliphatic carbocycles. The van der Waals surface area contributed by atoms with Gasteiger partial charge in [0.1, 0.15) is 0 Å². The number of esters is 1. The Bertz CT molecular complexity index is 378. The molecule has 0 heterocycles. The Labute approximate surface area is 102 Å². The highest BCUT2D eigenvalue weighted by Gasteiger charge is 2.18. The monoisotopic (exact) mass is 259 g/mol. The SMILES string of the molecule is CCC(COC(=O)/C=C/C(=O)NC(N)=O)[N+](=O)[O-]. The van der Waals surface area contributed by atoms with Gasteiger partial charge in [-0.05, 0) is 0 Å². The van der Waals surface area contributed by atoms with Crippen LogP contribution in [0.2, 0.25) is 0 Å². The summed E-state index contributed by atoms with van der Waals surface area (Å²) in [5.41, 5.74) is 4.65. The van der Waals surface area contributed by atoms with Crippen LogP contribution in [0, 0.1) is 10.1 Å². The fraction of sp³-hybridized carbons (Fsp3) is 0.444. The van der Waals surface area contributed by atoms with Gasteiger partial charge in [0.25, 0.3) is 5.91 Å². The second-order valence-corrected chi connectivity index (χ2v) is 3.16. The average molecular weight is 259 g/mol. The first-order chi connectivity index (χ1) is 8.36. The summed E-state index contributed by atoms with van der Waals surface area (Å²) in [6, 6.07) is -2.04. The Balaban J connectivity index is 4.11. The molecular formula is C9H13N3O6. The molecule has 3 N–H and O–H groups in total. The zero-order valence-electron chi connectivity index (χ0n) is 9.62. The lowest BCUT2D eigenvalue weighted by Gasteiger charge is -2.06. The van der Waals surface area contributed by atoms with Crippen LogP contribution in [0.4, 0.5) is 4.79 Å². The third-order valence-electron chi connectivity index (χ3n) is 1.80. The number of nitrogens with zero attached hydrogens (tertiary/aromatic N) is 1. The summed E-state index contributed by atoms with van der Waals surface area (Å²) in [5, 5.41) is 12.1. The van der Waals surface area contributed by atoms with Gasteiger partial charge in [0, 0.05) is 23.5 Å². The summed E-state index contributed by atoms with van der Waals surface area (Å²) in [6.07, 6.45) is 1.69. The number of carbonyl (C=O) groups is 3. The maximum absolute atomic E-state index is 11.0. The zero-order chi connectivity index (χ0) is 14.1. The third kappa shape index (κ3) is 6.93. The second kappa shape index (κ2) is 7.76. The molecule has 0 saturated carbocycles. The minimum atomic E-state index is -1.06. The lowest BCUT2D eigenvalue weighted by molar-refractivity contribution is -0.525. The van der Waals surface area contributed by atoms with E-state index in [4.69, 9.17) is 0 Å². The zero-order valence-corrected chi connectivity index (χ0v) is 9.62. The number of ether oxygens (including phenoxy) is 1. The van der Waals surface area contributed by atoms with Crippen molar-refractivity contribution in [1.29, 1.82) is 0 Å². The maximum atomic E-state index is 11.0. The highest BCUT2D eigenvalue weighted by molar-refractivity contribution is 6.02. The predicted molar refractivity (Wildman–Crippen MR) is 58.9 cm³/mol. The van der Waals surface area contributed by atoms with Crippen molar-refractivity contribution in [3.05, 3.63) is 22.3 Å². The van der Waals surface area contributed by atoms with E-state index in [0.29, 0.717) is 0 Å². The standard InChI is InChI=1S/C9H13N3O6/c1-2-6(12(16)17)5-18-8(14)4-3-7(13)11-9(10)15/h3-4,6H,2,5H2,1H3,(H3,10,11,13,15)/b4-3+. The largest absolute Gasteiger partial charge is 0.455 e. The number of nitrogens with two attached hydrogens (primary N) is 1. The van der Waals surface area contributed by atoms with Crippen LogP contribution in [0.5, 0.6) is 0 Å². The molecule has 1 unspecified atom stereocenters. The Morgan fingerprint density at radius 2 is 2.06 bits per heavy atom. The van der Waals surface area contributed by atoms with Gasteiger partial charge in [-0.2, -0.15) is 0 Å². The van der Waals surface area contributed by atoms with Crippen molar-refractivity contribution >= 4 is 17.9 Å². The van der Waals surface area contributed by atoms with Gasteiger partial charge in [0.05, 0.1) is 0 Å². The molecule has 0 aromatic carbocycles. The number of urea groups is 1. The van der Waals surface area contributed by atoms with E-state index in [1.165, 1.54) is 0 Å². The lowest BCUT2D eigenvalue weighted by atomic mass is 10.2. The fourth-order valence-corrected chi connectivity index (χ4v) is 0.861. The number of rotatable bonds is 6. The first-order valence-electron chi connectivity index (χ1n) is 4.95. The number of hydrogen-bond donors (Lipinski definition) is 2. The predicted octanol–water partition coefficient (Wildman–Crippen LogP) is -0.664. The minimum Gasteiger partial charge on any atom is -0.455 e. The smallest absolute Gasteiger partial charge is 0.331 e. The van der Waals surface area contributed by atoms with E-state index in [0.717, 1.165) is 12.2 Å². The molecule has 0 aromatic rings. The number of amides is 3. The number of nitro groups is 1. The van der Waals surface area contributed by atoms with Crippen LogP contribution in [0.15, 0.2) is 12.2 Å². The number of imide groups is 1. The minimum absolute atomic E-state index is 0.214. The second-order valence-electron chi connectivity index (χ2n) is 3.16. The third-order valence-corrected chi connectivity index (χ3v) is 1.80. The molecular weight excluding hydrogens is 246 g/mol. The molecule has 18 heavy (non-hydrogen) atoms. The molecule has 0 fully saturated rings. The molecule has 3 amide bonds.